The minimum absolute atomic E-state index is 0.239. The minimum Gasteiger partial charge on any atom is -0.291 e. The molecule has 2 fully saturated rings. The molecule has 1 saturated heterocycles. The van der Waals surface area contributed by atoms with Crippen molar-refractivity contribution in [1.82, 2.24) is 19.9 Å². The first-order valence-electron chi connectivity index (χ1n) is 7.76. The zero-order chi connectivity index (χ0) is 14.8. The summed E-state index contributed by atoms with van der Waals surface area (Å²) in [7, 11) is 0. The summed E-state index contributed by atoms with van der Waals surface area (Å²) in [6.07, 6.45) is 6.39. The molecule has 2 aliphatic rings. The highest BCUT2D eigenvalue weighted by Gasteiger charge is 2.67. The van der Waals surface area contributed by atoms with E-state index in [1.165, 1.54) is 12.8 Å². The Balaban J connectivity index is 1.86. The Morgan fingerprint density at radius 2 is 1.85 bits per heavy atom. The Morgan fingerprint density at radius 1 is 1.15 bits per heavy atom. The van der Waals surface area contributed by atoms with Crippen molar-refractivity contribution < 1.29 is 0 Å². The molecule has 20 heavy (non-hydrogen) atoms. The predicted octanol–water partition coefficient (Wildman–Crippen LogP) is 2.96. The van der Waals surface area contributed by atoms with Crippen LogP contribution in [0.4, 0.5) is 0 Å². The number of hydrogen-bond acceptors (Lipinski definition) is 3. The van der Waals surface area contributed by atoms with E-state index in [2.05, 4.69) is 56.8 Å². The Morgan fingerprint density at radius 3 is 2.30 bits per heavy atom. The fraction of sp³-hybridized carbons (Fsp3) is 0.875. The second-order valence-corrected chi connectivity index (χ2v) is 8.85. The minimum atomic E-state index is 0.239. The molecule has 3 atom stereocenters. The Hall–Kier alpha value is -0.900. The molecule has 2 heterocycles. The van der Waals surface area contributed by atoms with Gasteiger partial charge in [0.05, 0.1) is 6.20 Å². The molecule has 1 aromatic heterocycles. The summed E-state index contributed by atoms with van der Waals surface area (Å²) < 4.78 is 2.02. The lowest BCUT2D eigenvalue weighted by Crippen LogP contribution is -2.51. The van der Waals surface area contributed by atoms with Crippen LogP contribution in [0.15, 0.2) is 12.4 Å². The standard InChI is InChI=1S/C16H28N4/c1-14(2,3)12-9-16(11-19-8-7-17-18-19)10-13(16)20(12)15(4,5)6/h7-8,12-13H,9-11H2,1-6H3/t12?,13?,16-/m0/s1. The monoisotopic (exact) mass is 276 g/mol. The van der Waals surface area contributed by atoms with Gasteiger partial charge in [0.25, 0.3) is 0 Å². The van der Waals surface area contributed by atoms with E-state index in [0.29, 0.717) is 16.9 Å². The van der Waals surface area contributed by atoms with Crippen LogP contribution in [-0.2, 0) is 6.54 Å². The summed E-state index contributed by atoms with van der Waals surface area (Å²) in [6, 6.07) is 1.38. The van der Waals surface area contributed by atoms with Gasteiger partial charge in [0, 0.05) is 35.8 Å². The molecule has 2 unspecified atom stereocenters. The number of aromatic nitrogens is 3. The first kappa shape index (κ1) is 14.1. The molecular formula is C16H28N4. The molecule has 0 aromatic carbocycles. The van der Waals surface area contributed by atoms with Crippen molar-refractivity contribution >= 4 is 0 Å². The third-order valence-corrected chi connectivity index (χ3v) is 5.14. The van der Waals surface area contributed by atoms with Gasteiger partial charge in [0.15, 0.2) is 0 Å². The van der Waals surface area contributed by atoms with Gasteiger partial charge in [-0.3, -0.25) is 9.58 Å². The molecule has 0 spiro atoms. The van der Waals surface area contributed by atoms with Crippen LogP contribution in [0.3, 0.4) is 0 Å². The second kappa shape index (κ2) is 4.06. The third-order valence-electron chi connectivity index (χ3n) is 5.14. The van der Waals surface area contributed by atoms with E-state index >= 15 is 0 Å². The highest BCUT2D eigenvalue weighted by Crippen LogP contribution is 2.64. The van der Waals surface area contributed by atoms with E-state index in [-0.39, 0.29) is 5.54 Å². The van der Waals surface area contributed by atoms with E-state index in [1.54, 1.807) is 6.20 Å². The van der Waals surface area contributed by atoms with Gasteiger partial charge in [0.2, 0.25) is 0 Å². The van der Waals surface area contributed by atoms with Gasteiger partial charge >= 0.3 is 0 Å². The number of hydrogen-bond donors (Lipinski definition) is 0. The molecule has 1 aliphatic carbocycles. The molecule has 112 valence electrons. The lowest BCUT2D eigenvalue weighted by atomic mass is 9.80. The normalized spacial score (nSPS) is 34.3. The lowest BCUT2D eigenvalue weighted by molar-refractivity contribution is 0.0362. The average molecular weight is 276 g/mol. The van der Waals surface area contributed by atoms with Gasteiger partial charge < -0.3 is 0 Å². The zero-order valence-corrected chi connectivity index (χ0v) is 13.7. The maximum atomic E-state index is 4.17. The van der Waals surface area contributed by atoms with Gasteiger partial charge in [-0.25, -0.2) is 0 Å². The molecule has 1 saturated carbocycles. The highest BCUT2D eigenvalue weighted by molar-refractivity contribution is 5.20. The quantitative estimate of drug-likeness (QED) is 0.833. The van der Waals surface area contributed by atoms with Gasteiger partial charge in [-0.15, -0.1) is 5.10 Å². The fourth-order valence-corrected chi connectivity index (χ4v) is 4.17. The number of fused-ring (bicyclic) bond motifs is 1. The van der Waals surface area contributed by atoms with Crippen molar-refractivity contribution in [1.29, 1.82) is 0 Å². The molecule has 1 aliphatic heterocycles. The van der Waals surface area contributed by atoms with Crippen molar-refractivity contribution in [2.24, 2.45) is 10.8 Å². The van der Waals surface area contributed by atoms with Crippen molar-refractivity contribution in [2.45, 2.75) is 78.6 Å². The Kier molecular flexibility index (Phi) is 2.85. The van der Waals surface area contributed by atoms with Crippen LogP contribution in [0, 0.1) is 10.8 Å². The van der Waals surface area contributed by atoms with Gasteiger partial charge in [-0.2, -0.15) is 0 Å². The number of likely N-dealkylation sites (tertiary alicyclic amines) is 1. The predicted molar refractivity (Wildman–Crippen MR) is 80.3 cm³/mol. The second-order valence-electron chi connectivity index (χ2n) is 8.85. The SMILES string of the molecule is CC(C)(C)C1C[C@@]2(Cn3ccnn3)CC2N1C(C)(C)C. The third kappa shape index (κ3) is 2.18. The number of piperidine rings is 1. The van der Waals surface area contributed by atoms with Gasteiger partial charge in [-0.1, -0.05) is 26.0 Å². The molecule has 0 amide bonds. The number of nitrogens with zero attached hydrogens (tertiary/aromatic N) is 4. The molecular weight excluding hydrogens is 248 g/mol. The van der Waals surface area contributed by atoms with E-state index in [4.69, 9.17) is 0 Å². The molecule has 0 bridgehead atoms. The van der Waals surface area contributed by atoms with Crippen molar-refractivity contribution in [3.8, 4) is 0 Å². The molecule has 0 N–H and O–H groups in total. The fourth-order valence-electron chi connectivity index (χ4n) is 4.17. The van der Waals surface area contributed by atoms with Crippen LogP contribution >= 0.6 is 0 Å². The summed E-state index contributed by atoms with van der Waals surface area (Å²) in [4.78, 5) is 2.78. The van der Waals surface area contributed by atoms with Crippen molar-refractivity contribution in [3.63, 3.8) is 0 Å². The van der Waals surface area contributed by atoms with Crippen LogP contribution in [-0.4, -0.2) is 37.5 Å². The molecule has 4 nitrogen and oxygen atoms in total. The van der Waals surface area contributed by atoms with E-state index in [9.17, 15) is 0 Å². The van der Waals surface area contributed by atoms with E-state index in [1.807, 2.05) is 10.9 Å². The molecule has 4 heteroatoms. The Labute approximate surface area is 122 Å². The van der Waals surface area contributed by atoms with Crippen LogP contribution in [0.5, 0.6) is 0 Å². The summed E-state index contributed by atoms with van der Waals surface area (Å²) in [6.45, 7) is 15.2. The average Bonchev–Trinajstić information content (AvgIpc) is 2.70. The largest absolute Gasteiger partial charge is 0.291 e. The lowest BCUT2D eigenvalue weighted by Gasteiger charge is -2.45. The van der Waals surface area contributed by atoms with Gasteiger partial charge in [-0.05, 0) is 39.0 Å². The maximum absolute atomic E-state index is 4.17. The highest BCUT2D eigenvalue weighted by atomic mass is 15.4. The first-order valence-corrected chi connectivity index (χ1v) is 7.76. The van der Waals surface area contributed by atoms with Crippen molar-refractivity contribution in [2.75, 3.05) is 0 Å². The van der Waals surface area contributed by atoms with Crippen LogP contribution in [0.25, 0.3) is 0 Å². The van der Waals surface area contributed by atoms with Gasteiger partial charge in [0.1, 0.15) is 0 Å². The van der Waals surface area contributed by atoms with E-state index < -0.39 is 0 Å². The smallest absolute Gasteiger partial charge is 0.0692 e. The van der Waals surface area contributed by atoms with Crippen LogP contribution in [0.1, 0.15) is 54.4 Å². The summed E-state index contributed by atoms with van der Waals surface area (Å²) in [5.41, 5.74) is 0.998. The van der Waals surface area contributed by atoms with Crippen LogP contribution in [0.2, 0.25) is 0 Å². The van der Waals surface area contributed by atoms with Crippen molar-refractivity contribution in [3.05, 3.63) is 12.4 Å². The molecule has 1 aromatic rings. The topological polar surface area (TPSA) is 34.0 Å². The summed E-state index contributed by atoms with van der Waals surface area (Å²) >= 11 is 0. The zero-order valence-electron chi connectivity index (χ0n) is 13.7. The first-order chi connectivity index (χ1) is 9.13. The summed E-state index contributed by atoms with van der Waals surface area (Å²) in [5.74, 6) is 0. The van der Waals surface area contributed by atoms with E-state index in [0.717, 1.165) is 12.6 Å². The summed E-state index contributed by atoms with van der Waals surface area (Å²) in [5, 5.41) is 8.12. The molecule has 0 radical (unpaired) electrons. The molecule has 3 rings (SSSR count). The Bertz CT molecular complexity index is 480. The number of rotatable bonds is 2. The maximum Gasteiger partial charge on any atom is 0.0692 e. The van der Waals surface area contributed by atoms with Crippen LogP contribution < -0.4 is 0 Å².